The molecule has 0 bridgehead atoms. The Morgan fingerprint density at radius 3 is 2.42 bits per heavy atom. The Morgan fingerprint density at radius 1 is 1.32 bits per heavy atom. The zero-order chi connectivity index (χ0) is 14.0. The molecule has 0 radical (unpaired) electrons. The van der Waals surface area contributed by atoms with Crippen LogP contribution >= 0.6 is 0 Å². The summed E-state index contributed by atoms with van der Waals surface area (Å²) in [7, 11) is -3.37. The molecule has 1 aromatic carbocycles. The fraction of sp³-hybridized carbons (Fsp3) is 0.538. The minimum Gasteiger partial charge on any atom is -0.324 e. The number of benzene rings is 1. The lowest BCUT2D eigenvalue weighted by atomic mass is 9.96. The van der Waals surface area contributed by atoms with E-state index in [1.165, 1.54) is 0 Å². The van der Waals surface area contributed by atoms with Crippen LogP contribution in [0, 0.1) is 11.8 Å². The topological polar surface area (TPSA) is 75.4 Å². The van der Waals surface area contributed by atoms with Crippen LogP contribution in [0.3, 0.4) is 0 Å². The van der Waals surface area contributed by atoms with Gasteiger partial charge in [0.2, 0.25) is 10.0 Å². The van der Waals surface area contributed by atoms with E-state index in [0.29, 0.717) is 35.5 Å². The van der Waals surface area contributed by atoms with E-state index < -0.39 is 10.0 Å². The summed E-state index contributed by atoms with van der Waals surface area (Å²) >= 11 is 0. The van der Waals surface area contributed by atoms with Gasteiger partial charge in [-0.15, -0.1) is 0 Å². The summed E-state index contributed by atoms with van der Waals surface area (Å²) in [6.07, 6.45) is 0.944. The molecule has 0 amide bonds. The number of hydrogen-bond acceptors (Lipinski definition) is 4. The van der Waals surface area contributed by atoms with Crippen LogP contribution in [-0.2, 0) is 10.0 Å². The number of nitrogens with one attached hydrogen (secondary N) is 1. The molecule has 1 heterocycles. The lowest BCUT2D eigenvalue weighted by Gasteiger charge is -2.18. The van der Waals surface area contributed by atoms with E-state index in [4.69, 9.17) is 5.84 Å². The Hall–Kier alpha value is -1.11. The molecule has 106 valence electrons. The smallest absolute Gasteiger partial charge is 0.243 e. The lowest BCUT2D eigenvalue weighted by Crippen LogP contribution is -2.29. The Balaban J connectivity index is 2.18. The normalized spacial score (nSPS) is 20.9. The molecule has 3 N–H and O–H groups in total. The molecule has 1 atom stereocenters. The van der Waals surface area contributed by atoms with Crippen LogP contribution in [0.1, 0.15) is 20.3 Å². The molecule has 1 saturated heterocycles. The van der Waals surface area contributed by atoms with Crippen LogP contribution in [0.5, 0.6) is 0 Å². The number of hydrogen-bond donors (Lipinski definition) is 2. The average molecular weight is 283 g/mol. The van der Waals surface area contributed by atoms with Crippen LogP contribution in [0.15, 0.2) is 29.2 Å². The van der Waals surface area contributed by atoms with Gasteiger partial charge in [0, 0.05) is 18.8 Å². The van der Waals surface area contributed by atoms with Crippen molar-refractivity contribution in [2.24, 2.45) is 17.7 Å². The van der Waals surface area contributed by atoms with Gasteiger partial charge < -0.3 is 5.43 Å². The van der Waals surface area contributed by atoms with Gasteiger partial charge in [-0.05, 0) is 42.5 Å². The zero-order valence-corrected chi connectivity index (χ0v) is 12.2. The summed E-state index contributed by atoms with van der Waals surface area (Å²) in [4.78, 5) is 0.330. The second-order valence-electron chi connectivity index (χ2n) is 5.32. The monoisotopic (exact) mass is 283 g/mol. The SMILES string of the molecule is CC(C)C1CCN(S(=O)(=O)c2ccc(NN)cc2)C1. The van der Waals surface area contributed by atoms with Crippen molar-refractivity contribution < 1.29 is 8.42 Å². The van der Waals surface area contributed by atoms with Gasteiger partial charge >= 0.3 is 0 Å². The lowest BCUT2D eigenvalue weighted by molar-refractivity contribution is 0.388. The van der Waals surface area contributed by atoms with Gasteiger partial charge in [0.15, 0.2) is 0 Å². The van der Waals surface area contributed by atoms with Gasteiger partial charge in [-0.1, -0.05) is 13.8 Å². The van der Waals surface area contributed by atoms with Crippen LogP contribution < -0.4 is 11.3 Å². The van der Waals surface area contributed by atoms with E-state index in [1.807, 2.05) is 0 Å². The second kappa shape index (κ2) is 5.48. The van der Waals surface area contributed by atoms with Crippen LogP contribution in [0.25, 0.3) is 0 Å². The molecule has 0 aliphatic carbocycles. The van der Waals surface area contributed by atoms with Gasteiger partial charge in [-0.3, -0.25) is 5.84 Å². The molecule has 0 aromatic heterocycles. The largest absolute Gasteiger partial charge is 0.324 e. The molecular weight excluding hydrogens is 262 g/mol. The Kier molecular flexibility index (Phi) is 4.13. The fourth-order valence-electron chi connectivity index (χ4n) is 2.39. The number of nitrogen functional groups attached to an aromatic ring is 1. The maximum absolute atomic E-state index is 12.5. The minimum absolute atomic E-state index is 0.330. The van der Waals surface area contributed by atoms with E-state index in [9.17, 15) is 8.42 Å². The third kappa shape index (κ3) is 2.91. The first-order chi connectivity index (χ1) is 8.95. The number of nitrogens with zero attached hydrogens (tertiary/aromatic N) is 1. The summed E-state index contributed by atoms with van der Waals surface area (Å²) in [6.45, 7) is 5.52. The van der Waals surface area contributed by atoms with Crippen molar-refractivity contribution in [3.05, 3.63) is 24.3 Å². The molecule has 1 aromatic rings. The number of anilines is 1. The first-order valence-electron chi connectivity index (χ1n) is 6.52. The highest BCUT2D eigenvalue weighted by Gasteiger charge is 2.33. The average Bonchev–Trinajstić information content (AvgIpc) is 2.89. The van der Waals surface area contributed by atoms with Gasteiger partial charge in [0.05, 0.1) is 4.90 Å². The highest BCUT2D eigenvalue weighted by Crippen LogP contribution is 2.28. The quantitative estimate of drug-likeness (QED) is 0.650. The predicted octanol–water partition coefficient (Wildman–Crippen LogP) is 1.64. The van der Waals surface area contributed by atoms with E-state index in [0.717, 1.165) is 6.42 Å². The van der Waals surface area contributed by atoms with Gasteiger partial charge in [-0.2, -0.15) is 4.31 Å². The highest BCUT2D eigenvalue weighted by atomic mass is 32.2. The van der Waals surface area contributed by atoms with Crippen LogP contribution in [0.4, 0.5) is 5.69 Å². The molecule has 0 spiro atoms. The van der Waals surface area contributed by atoms with Crippen LogP contribution in [0.2, 0.25) is 0 Å². The number of hydrazine groups is 1. The fourth-order valence-corrected chi connectivity index (χ4v) is 3.90. The molecule has 6 heteroatoms. The maximum atomic E-state index is 12.5. The Morgan fingerprint density at radius 2 is 1.95 bits per heavy atom. The van der Waals surface area contributed by atoms with Gasteiger partial charge in [0.25, 0.3) is 0 Å². The van der Waals surface area contributed by atoms with Crippen molar-refractivity contribution >= 4 is 15.7 Å². The first-order valence-corrected chi connectivity index (χ1v) is 7.96. The minimum atomic E-state index is -3.37. The summed E-state index contributed by atoms with van der Waals surface area (Å²) in [5.41, 5.74) is 3.18. The molecule has 1 aliphatic rings. The second-order valence-corrected chi connectivity index (χ2v) is 7.26. The summed E-state index contributed by atoms with van der Waals surface area (Å²) in [5, 5.41) is 0. The Labute approximate surface area is 114 Å². The Bertz CT molecular complexity index is 525. The molecule has 19 heavy (non-hydrogen) atoms. The highest BCUT2D eigenvalue weighted by molar-refractivity contribution is 7.89. The first kappa shape index (κ1) is 14.3. The van der Waals surface area contributed by atoms with Crippen molar-refractivity contribution in [3.8, 4) is 0 Å². The van der Waals surface area contributed by atoms with E-state index in [2.05, 4.69) is 19.3 Å². The molecule has 0 saturated carbocycles. The molecule has 5 nitrogen and oxygen atoms in total. The third-order valence-corrected chi connectivity index (χ3v) is 5.67. The predicted molar refractivity (Wildman–Crippen MR) is 76.0 cm³/mol. The maximum Gasteiger partial charge on any atom is 0.243 e. The number of rotatable bonds is 4. The van der Waals surface area contributed by atoms with E-state index in [1.54, 1.807) is 28.6 Å². The zero-order valence-electron chi connectivity index (χ0n) is 11.3. The molecule has 2 rings (SSSR count). The van der Waals surface area contributed by atoms with Gasteiger partial charge in [-0.25, -0.2) is 8.42 Å². The molecule has 1 aliphatic heterocycles. The molecule has 1 unspecified atom stereocenters. The van der Waals surface area contributed by atoms with Gasteiger partial charge in [0.1, 0.15) is 0 Å². The number of nitrogens with two attached hydrogens (primary N) is 1. The van der Waals surface area contributed by atoms with Crippen molar-refractivity contribution in [3.63, 3.8) is 0 Å². The summed E-state index contributed by atoms with van der Waals surface area (Å²) in [5.74, 6) is 6.25. The number of sulfonamides is 1. The molecular formula is C13H21N3O2S. The van der Waals surface area contributed by atoms with E-state index >= 15 is 0 Å². The molecule has 1 fully saturated rings. The third-order valence-electron chi connectivity index (χ3n) is 3.79. The summed E-state index contributed by atoms with van der Waals surface area (Å²) in [6, 6.07) is 6.52. The van der Waals surface area contributed by atoms with Crippen molar-refractivity contribution in [2.75, 3.05) is 18.5 Å². The van der Waals surface area contributed by atoms with Crippen molar-refractivity contribution in [1.82, 2.24) is 4.31 Å². The summed E-state index contributed by atoms with van der Waals surface area (Å²) < 4.78 is 26.5. The van der Waals surface area contributed by atoms with Crippen molar-refractivity contribution in [1.29, 1.82) is 0 Å². The van der Waals surface area contributed by atoms with E-state index in [-0.39, 0.29) is 0 Å². The standard InChI is InChI=1S/C13H21N3O2S/c1-10(2)11-7-8-16(9-11)19(17,18)13-5-3-12(15-14)4-6-13/h3-6,10-11,15H,7-9,14H2,1-2H3. The van der Waals surface area contributed by atoms with Crippen molar-refractivity contribution in [2.45, 2.75) is 25.2 Å². The van der Waals surface area contributed by atoms with Crippen LogP contribution in [-0.4, -0.2) is 25.8 Å².